The van der Waals surface area contributed by atoms with Gasteiger partial charge in [0.05, 0.1) is 18.7 Å². The van der Waals surface area contributed by atoms with Crippen LogP contribution in [0.4, 0.5) is 5.69 Å². The standard InChI is InChI=1S/C17H15ClN6O2/c18-12-2-1-3-13(6-12)21-15(25)10-24-8-11(9-24)17-22-16(23-26-17)14-7-19-4-5-20-14/h1-7,11H,8-10H2,(H,21,25). The Bertz CT molecular complexity index is 910. The molecule has 1 amide bonds. The molecule has 0 saturated carbocycles. The highest BCUT2D eigenvalue weighted by molar-refractivity contribution is 6.30. The molecule has 26 heavy (non-hydrogen) atoms. The molecule has 1 aromatic carbocycles. The van der Waals surface area contributed by atoms with Crippen molar-refractivity contribution in [1.82, 2.24) is 25.0 Å². The Hall–Kier alpha value is -2.84. The lowest BCUT2D eigenvalue weighted by Gasteiger charge is -2.36. The van der Waals surface area contributed by atoms with E-state index in [1.54, 1.807) is 42.9 Å². The number of rotatable bonds is 5. The largest absolute Gasteiger partial charge is 0.339 e. The highest BCUT2D eigenvalue weighted by Gasteiger charge is 2.33. The van der Waals surface area contributed by atoms with E-state index in [2.05, 4.69) is 25.4 Å². The van der Waals surface area contributed by atoms with Crippen LogP contribution < -0.4 is 5.32 Å². The third kappa shape index (κ3) is 3.71. The van der Waals surface area contributed by atoms with Gasteiger partial charge < -0.3 is 9.84 Å². The van der Waals surface area contributed by atoms with Crippen LogP contribution >= 0.6 is 11.6 Å². The molecular formula is C17H15ClN6O2. The monoisotopic (exact) mass is 370 g/mol. The van der Waals surface area contributed by atoms with Crippen LogP contribution in [0.5, 0.6) is 0 Å². The molecule has 1 aliphatic heterocycles. The normalized spacial score (nSPS) is 14.8. The van der Waals surface area contributed by atoms with Crippen LogP contribution in [0.2, 0.25) is 5.02 Å². The molecule has 0 aliphatic carbocycles. The molecule has 1 aliphatic rings. The molecule has 0 spiro atoms. The van der Waals surface area contributed by atoms with E-state index in [1.807, 2.05) is 4.90 Å². The Morgan fingerprint density at radius 2 is 2.23 bits per heavy atom. The van der Waals surface area contributed by atoms with Crippen LogP contribution in [0.15, 0.2) is 47.4 Å². The van der Waals surface area contributed by atoms with Crippen molar-refractivity contribution >= 4 is 23.2 Å². The summed E-state index contributed by atoms with van der Waals surface area (Å²) in [5.41, 5.74) is 1.25. The van der Waals surface area contributed by atoms with Gasteiger partial charge in [-0.25, -0.2) is 4.98 Å². The maximum Gasteiger partial charge on any atom is 0.238 e. The third-order valence-electron chi connectivity index (χ3n) is 4.02. The number of carbonyl (C=O) groups excluding carboxylic acids is 1. The summed E-state index contributed by atoms with van der Waals surface area (Å²) in [5.74, 6) is 1.01. The summed E-state index contributed by atoms with van der Waals surface area (Å²) in [6.07, 6.45) is 4.75. The average Bonchev–Trinajstić information content (AvgIpc) is 3.08. The zero-order valence-electron chi connectivity index (χ0n) is 13.7. The van der Waals surface area contributed by atoms with Crippen molar-refractivity contribution in [2.75, 3.05) is 25.0 Å². The van der Waals surface area contributed by atoms with Gasteiger partial charge in [-0.1, -0.05) is 22.8 Å². The minimum absolute atomic E-state index is 0.0866. The first-order chi connectivity index (χ1) is 12.7. The van der Waals surface area contributed by atoms with Crippen LogP contribution in [0.3, 0.4) is 0 Å². The number of hydrogen-bond acceptors (Lipinski definition) is 7. The maximum atomic E-state index is 12.1. The number of aromatic nitrogens is 4. The number of nitrogens with zero attached hydrogens (tertiary/aromatic N) is 5. The predicted molar refractivity (Wildman–Crippen MR) is 94.6 cm³/mol. The Kier molecular flexibility index (Phi) is 4.59. The second-order valence-corrected chi connectivity index (χ2v) is 6.43. The number of benzene rings is 1. The lowest BCUT2D eigenvalue weighted by atomic mass is 10.0. The van der Waals surface area contributed by atoms with Gasteiger partial charge in [-0.2, -0.15) is 4.98 Å². The Morgan fingerprint density at radius 3 is 3.00 bits per heavy atom. The van der Waals surface area contributed by atoms with Crippen molar-refractivity contribution in [1.29, 1.82) is 0 Å². The Balaban J connectivity index is 1.29. The minimum atomic E-state index is -0.0866. The van der Waals surface area contributed by atoms with Gasteiger partial charge in [-0.15, -0.1) is 0 Å². The van der Waals surface area contributed by atoms with Gasteiger partial charge in [-0.05, 0) is 18.2 Å². The molecule has 3 aromatic rings. The number of carbonyl (C=O) groups is 1. The molecule has 0 radical (unpaired) electrons. The molecule has 3 heterocycles. The van der Waals surface area contributed by atoms with Gasteiger partial charge in [0.1, 0.15) is 5.69 Å². The molecule has 2 aromatic heterocycles. The predicted octanol–water partition coefficient (Wildman–Crippen LogP) is 2.22. The Morgan fingerprint density at radius 1 is 1.35 bits per heavy atom. The van der Waals surface area contributed by atoms with E-state index in [4.69, 9.17) is 16.1 Å². The number of anilines is 1. The van der Waals surface area contributed by atoms with Crippen molar-refractivity contribution in [3.8, 4) is 11.5 Å². The summed E-state index contributed by atoms with van der Waals surface area (Å²) in [6, 6.07) is 7.07. The van der Waals surface area contributed by atoms with Crippen LogP contribution in [0, 0.1) is 0 Å². The number of nitrogens with one attached hydrogen (secondary N) is 1. The molecule has 0 bridgehead atoms. The number of amides is 1. The molecule has 1 N–H and O–H groups in total. The van der Waals surface area contributed by atoms with E-state index < -0.39 is 0 Å². The second-order valence-electron chi connectivity index (χ2n) is 6.00. The van der Waals surface area contributed by atoms with Crippen LogP contribution in [0.25, 0.3) is 11.5 Å². The highest BCUT2D eigenvalue weighted by Crippen LogP contribution is 2.27. The lowest BCUT2D eigenvalue weighted by molar-refractivity contribution is -0.118. The van der Waals surface area contributed by atoms with Crippen LogP contribution in [-0.2, 0) is 4.79 Å². The van der Waals surface area contributed by atoms with Crippen LogP contribution in [0.1, 0.15) is 11.8 Å². The number of likely N-dealkylation sites (tertiary alicyclic amines) is 1. The summed E-state index contributed by atoms with van der Waals surface area (Å²) in [7, 11) is 0. The SMILES string of the molecule is O=C(CN1CC(c2nc(-c3cnccn3)no2)C1)Nc1cccc(Cl)c1. The summed E-state index contributed by atoms with van der Waals surface area (Å²) in [4.78, 5) is 26.6. The van der Waals surface area contributed by atoms with Crippen LogP contribution in [-0.4, -0.2) is 50.5 Å². The van der Waals surface area contributed by atoms with Gasteiger partial charge in [-0.3, -0.25) is 14.7 Å². The first kappa shape index (κ1) is 16.6. The number of halogens is 1. The molecule has 9 heteroatoms. The maximum absolute atomic E-state index is 12.1. The second kappa shape index (κ2) is 7.19. The molecule has 0 atom stereocenters. The first-order valence-electron chi connectivity index (χ1n) is 8.05. The van der Waals surface area contributed by atoms with Crippen molar-refractivity contribution in [3.63, 3.8) is 0 Å². The number of hydrogen-bond donors (Lipinski definition) is 1. The summed E-state index contributed by atoms with van der Waals surface area (Å²) in [5, 5.41) is 7.36. The van der Waals surface area contributed by atoms with E-state index in [-0.39, 0.29) is 11.8 Å². The molecule has 1 saturated heterocycles. The molecule has 0 unspecified atom stereocenters. The van der Waals surface area contributed by atoms with Crippen molar-refractivity contribution in [3.05, 3.63) is 53.8 Å². The van der Waals surface area contributed by atoms with Gasteiger partial charge in [0.15, 0.2) is 0 Å². The highest BCUT2D eigenvalue weighted by atomic mass is 35.5. The van der Waals surface area contributed by atoms with Gasteiger partial charge in [0.25, 0.3) is 0 Å². The molecule has 132 valence electrons. The van der Waals surface area contributed by atoms with Crippen molar-refractivity contribution < 1.29 is 9.32 Å². The van der Waals surface area contributed by atoms with E-state index in [9.17, 15) is 4.79 Å². The third-order valence-corrected chi connectivity index (χ3v) is 4.25. The fourth-order valence-corrected chi connectivity index (χ4v) is 2.93. The average molecular weight is 371 g/mol. The lowest BCUT2D eigenvalue weighted by Crippen LogP contribution is -2.48. The van der Waals surface area contributed by atoms with E-state index >= 15 is 0 Å². The van der Waals surface area contributed by atoms with Gasteiger partial charge in [0, 0.05) is 36.2 Å². The summed E-state index contributed by atoms with van der Waals surface area (Å²) >= 11 is 5.91. The Labute approximate surface area is 154 Å². The van der Waals surface area contributed by atoms with Crippen molar-refractivity contribution in [2.45, 2.75) is 5.92 Å². The molecular weight excluding hydrogens is 356 g/mol. The molecule has 1 fully saturated rings. The van der Waals surface area contributed by atoms with E-state index in [0.717, 1.165) is 0 Å². The first-order valence-corrected chi connectivity index (χ1v) is 8.43. The summed E-state index contributed by atoms with van der Waals surface area (Å²) < 4.78 is 5.31. The molecule has 4 rings (SSSR count). The van der Waals surface area contributed by atoms with Crippen molar-refractivity contribution in [2.24, 2.45) is 0 Å². The zero-order chi connectivity index (χ0) is 17.9. The fraction of sp³-hybridized carbons (Fsp3) is 0.235. The van der Waals surface area contributed by atoms with E-state index in [1.165, 1.54) is 0 Å². The topological polar surface area (TPSA) is 97.0 Å². The fourth-order valence-electron chi connectivity index (χ4n) is 2.74. The van der Waals surface area contributed by atoms with E-state index in [0.29, 0.717) is 47.8 Å². The van der Waals surface area contributed by atoms with Gasteiger partial charge >= 0.3 is 0 Å². The smallest absolute Gasteiger partial charge is 0.238 e. The van der Waals surface area contributed by atoms with Gasteiger partial charge in [0.2, 0.25) is 17.6 Å². The minimum Gasteiger partial charge on any atom is -0.339 e. The summed E-state index contributed by atoms with van der Waals surface area (Å²) in [6.45, 7) is 1.67. The molecule has 8 nitrogen and oxygen atoms in total. The quantitative estimate of drug-likeness (QED) is 0.735. The zero-order valence-corrected chi connectivity index (χ0v) is 14.4.